The van der Waals surface area contributed by atoms with Crippen molar-refractivity contribution in [3.05, 3.63) is 52.4 Å². The summed E-state index contributed by atoms with van der Waals surface area (Å²) in [6.07, 6.45) is -9.13. The summed E-state index contributed by atoms with van der Waals surface area (Å²) in [6, 6.07) is 3.65. The Morgan fingerprint density at radius 1 is 1.15 bits per heavy atom. The second-order valence-electron chi connectivity index (χ2n) is 7.89. The van der Waals surface area contributed by atoms with Crippen molar-refractivity contribution >= 4 is 23.7 Å². The van der Waals surface area contributed by atoms with E-state index in [-0.39, 0.29) is 21.8 Å². The molecule has 0 bridgehead atoms. The number of carbonyl (C=O) groups is 2. The van der Waals surface area contributed by atoms with Crippen LogP contribution in [0.2, 0.25) is 5.02 Å². The van der Waals surface area contributed by atoms with Gasteiger partial charge >= 0.3 is 18.2 Å². The van der Waals surface area contributed by atoms with E-state index < -0.39 is 47.5 Å². The maximum absolute atomic E-state index is 13.6. The van der Waals surface area contributed by atoms with Crippen molar-refractivity contribution < 1.29 is 41.7 Å². The number of amides is 1. The lowest BCUT2D eigenvalue weighted by atomic mass is 10.0. The van der Waals surface area contributed by atoms with Gasteiger partial charge in [0.25, 0.3) is 0 Å². The Kier molecular flexibility index (Phi) is 7.91. The number of esters is 1. The van der Waals surface area contributed by atoms with Crippen LogP contribution in [-0.2, 0) is 14.3 Å². The molecular weight excluding hydrogens is 472 g/mol. The predicted molar refractivity (Wildman–Crippen MR) is 110 cm³/mol. The number of nitrogens with one attached hydrogen (secondary N) is 1. The zero-order valence-electron chi connectivity index (χ0n) is 18.0. The number of alkyl carbamates (subject to hydrolysis) is 1. The van der Waals surface area contributed by atoms with E-state index in [9.17, 15) is 32.3 Å². The lowest BCUT2D eigenvalue weighted by Crippen LogP contribution is -2.38. The first kappa shape index (κ1) is 26.3. The third-order valence-electron chi connectivity index (χ3n) is 4.10. The molecule has 0 aliphatic heterocycles. The predicted octanol–water partition coefficient (Wildman–Crippen LogP) is 4.88. The van der Waals surface area contributed by atoms with Crippen molar-refractivity contribution in [3.63, 3.8) is 0 Å². The number of pyridine rings is 1. The van der Waals surface area contributed by atoms with Crippen molar-refractivity contribution in [2.75, 3.05) is 7.11 Å². The minimum atomic E-state index is -5.08. The first-order valence-corrected chi connectivity index (χ1v) is 9.79. The first-order chi connectivity index (χ1) is 15.1. The fourth-order valence-corrected chi connectivity index (χ4v) is 2.85. The van der Waals surface area contributed by atoms with Gasteiger partial charge in [0.2, 0.25) is 0 Å². The lowest BCUT2D eigenvalue weighted by Gasteiger charge is -2.24. The number of carbonyl (C=O) groups excluding carboxylic acids is 2. The number of hydrogen-bond donors (Lipinski definition) is 2. The molecule has 180 valence electrons. The minimum Gasteiger partial charge on any atom is -0.467 e. The fourth-order valence-electron chi connectivity index (χ4n) is 2.67. The zero-order valence-corrected chi connectivity index (χ0v) is 18.7. The molecule has 2 atom stereocenters. The molecule has 2 unspecified atom stereocenters. The topological polar surface area (TPSA) is 97.8 Å². The molecule has 0 fully saturated rings. The lowest BCUT2D eigenvalue weighted by molar-refractivity contribution is -0.207. The van der Waals surface area contributed by atoms with Gasteiger partial charge in [-0.1, -0.05) is 11.6 Å². The van der Waals surface area contributed by atoms with Gasteiger partial charge in [-0.25, -0.2) is 19.0 Å². The molecular formula is C21H21ClF4N2O5. The fraction of sp³-hybridized carbons (Fsp3) is 0.381. The second-order valence-corrected chi connectivity index (χ2v) is 8.29. The molecule has 1 aromatic heterocycles. The van der Waals surface area contributed by atoms with E-state index in [1.165, 1.54) is 12.1 Å². The third kappa shape index (κ3) is 7.03. The van der Waals surface area contributed by atoms with Crippen LogP contribution in [0.25, 0.3) is 11.3 Å². The van der Waals surface area contributed by atoms with Crippen molar-refractivity contribution in [3.8, 4) is 11.3 Å². The highest BCUT2D eigenvalue weighted by Gasteiger charge is 2.41. The van der Waals surface area contributed by atoms with Gasteiger partial charge in [0.1, 0.15) is 11.4 Å². The summed E-state index contributed by atoms with van der Waals surface area (Å²) in [7, 11) is 1.01. The van der Waals surface area contributed by atoms with Crippen LogP contribution >= 0.6 is 11.6 Å². The highest BCUT2D eigenvalue weighted by molar-refractivity contribution is 6.31. The number of methoxy groups -OCH3 is 1. The quantitative estimate of drug-likeness (QED) is 0.456. The highest BCUT2D eigenvalue weighted by atomic mass is 35.5. The van der Waals surface area contributed by atoms with Crippen molar-refractivity contribution in [1.29, 1.82) is 0 Å². The van der Waals surface area contributed by atoms with E-state index in [2.05, 4.69) is 15.0 Å². The van der Waals surface area contributed by atoms with E-state index in [0.29, 0.717) is 0 Å². The van der Waals surface area contributed by atoms with Crippen LogP contribution in [-0.4, -0.2) is 41.0 Å². The smallest absolute Gasteiger partial charge is 0.420 e. The molecule has 7 nitrogen and oxygen atoms in total. The summed E-state index contributed by atoms with van der Waals surface area (Å²) < 4.78 is 62.9. The van der Waals surface area contributed by atoms with E-state index in [1.54, 1.807) is 20.8 Å². The zero-order chi connectivity index (χ0) is 25.1. The van der Waals surface area contributed by atoms with E-state index in [0.717, 1.165) is 25.3 Å². The van der Waals surface area contributed by atoms with Gasteiger partial charge in [-0.2, -0.15) is 13.2 Å². The monoisotopic (exact) mass is 492 g/mol. The molecule has 2 aromatic rings. The number of alkyl halides is 3. The number of ether oxygens (including phenoxy) is 2. The average molecular weight is 493 g/mol. The largest absolute Gasteiger partial charge is 0.467 e. The molecule has 2 rings (SSSR count). The van der Waals surface area contributed by atoms with Crippen LogP contribution in [0.4, 0.5) is 22.4 Å². The standard InChI is InChI=1S/C21H21ClF4N2O5/c1-20(2,3)33-19(31)28-16(18(30)32-4)11-8-14(10-5-6-13(23)12(22)7-10)27-15(9-11)17(29)21(24,25)26/h5-9,16-17,29H,1-4H3,(H,28,31). The number of hydrogen-bond acceptors (Lipinski definition) is 6. The normalized spacial score (nSPS) is 13.8. The van der Waals surface area contributed by atoms with Crippen molar-refractivity contribution in [2.24, 2.45) is 0 Å². The summed E-state index contributed by atoms with van der Waals surface area (Å²) in [5.74, 6) is -1.80. The molecule has 0 radical (unpaired) electrons. The SMILES string of the molecule is COC(=O)C(NC(=O)OC(C)(C)C)c1cc(-c2ccc(F)c(Cl)c2)nc(C(O)C(F)(F)F)c1. The van der Waals surface area contributed by atoms with Crippen LogP contribution in [0.1, 0.15) is 44.2 Å². The molecule has 1 heterocycles. The third-order valence-corrected chi connectivity index (χ3v) is 4.39. The van der Waals surface area contributed by atoms with Gasteiger partial charge in [0.05, 0.1) is 23.5 Å². The molecule has 1 aromatic carbocycles. The Balaban J connectivity index is 2.64. The summed E-state index contributed by atoms with van der Waals surface area (Å²) >= 11 is 5.76. The number of nitrogens with zero attached hydrogens (tertiary/aromatic N) is 1. The van der Waals surface area contributed by atoms with Crippen LogP contribution in [0, 0.1) is 5.82 Å². The van der Waals surface area contributed by atoms with E-state index >= 15 is 0 Å². The summed E-state index contributed by atoms with van der Waals surface area (Å²) in [6.45, 7) is 4.71. The average Bonchev–Trinajstić information content (AvgIpc) is 2.70. The number of halogens is 5. The number of aromatic nitrogens is 1. The number of aliphatic hydroxyl groups excluding tert-OH is 1. The molecule has 2 N–H and O–H groups in total. The Morgan fingerprint density at radius 3 is 2.30 bits per heavy atom. The van der Waals surface area contributed by atoms with Crippen LogP contribution in [0.3, 0.4) is 0 Å². The Morgan fingerprint density at radius 2 is 1.79 bits per heavy atom. The minimum absolute atomic E-state index is 0.0970. The van der Waals surface area contributed by atoms with Crippen molar-refractivity contribution in [2.45, 2.75) is 44.7 Å². The summed E-state index contributed by atoms with van der Waals surface area (Å²) in [5, 5.41) is 11.7. The second kappa shape index (κ2) is 9.92. The Hall–Kier alpha value is -2.92. The molecule has 0 aliphatic carbocycles. The number of rotatable bonds is 5. The molecule has 12 heteroatoms. The van der Waals surface area contributed by atoms with Crippen molar-refractivity contribution in [1.82, 2.24) is 10.3 Å². The maximum atomic E-state index is 13.6. The van der Waals surface area contributed by atoms with Gasteiger partial charge in [-0.15, -0.1) is 0 Å². The molecule has 0 aliphatic rings. The molecule has 0 saturated heterocycles. The van der Waals surface area contributed by atoms with Crippen LogP contribution in [0.15, 0.2) is 30.3 Å². The van der Waals surface area contributed by atoms with E-state index in [1.807, 2.05) is 0 Å². The molecule has 1 amide bonds. The Bertz CT molecular complexity index is 1040. The van der Waals surface area contributed by atoms with E-state index in [4.69, 9.17) is 16.3 Å². The first-order valence-electron chi connectivity index (χ1n) is 9.42. The number of benzene rings is 1. The molecule has 0 saturated carbocycles. The molecule has 0 spiro atoms. The Labute approximate surface area is 191 Å². The highest BCUT2D eigenvalue weighted by Crippen LogP contribution is 2.35. The maximum Gasteiger partial charge on any atom is 0.420 e. The number of aliphatic hydroxyl groups is 1. The van der Waals surface area contributed by atoms with Gasteiger partial charge < -0.3 is 19.9 Å². The summed E-state index contributed by atoms with van der Waals surface area (Å²) in [4.78, 5) is 28.4. The van der Waals surface area contributed by atoms with Crippen LogP contribution < -0.4 is 5.32 Å². The summed E-state index contributed by atoms with van der Waals surface area (Å²) in [5.41, 5.74) is -2.07. The van der Waals surface area contributed by atoms with Gasteiger partial charge in [-0.3, -0.25) is 0 Å². The van der Waals surface area contributed by atoms with Gasteiger partial charge in [-0.05, 0) is 56.7 Å². The van der Waals surface area contributed by atoms with Crippen LogP contribution in [0.5, 0.6) is 0 Å². The van der Waals surface area contributed by atoms with Gasteiger partial charge in [0, 0.05) is 5.56 Å². The van der Waals surface area contributed by atoms with Gasteiger partial charge in [0.15, 0.2) is 12.1 Å². The molecule has 33 heavy (non-hydrogen) atoms.